The van der Waals surface area contributed by atoms with Crippen LogP contribution in [0, 0.1) is 19.8 Å². The molecule has 0 atom stereocenters. The Morgan fingerprint density at radius 2 is 2.00 bits per heavy atom. The highest BCUT2D eigenvalue weighted by Gasteiger charge is 2.16. The summed E-state index contributed by atoms with van der Waals surface area (Å²) in [5.74, 6) is 0.929. The lowest BCUT2D eigenvalue weighted by molar-refractivity contribution is -0.120. The summed E-state index contributed by atoms with van der Waals surface area (Å²) in [6, 6.07) is 6.30. The normalized spacial score (nSPS) is 16.9. The van der Waals surface area contributed by atoms with E-state index in [4.69, 9.17) is 0 Å². The van der Waals surface area contributed by atoms with Gasteiger partial charge < -0.3 is 10.2 Å². The maximum atomic E-state index is 12.1. The largest absolute Gasteiger partial charge is 0.356 e. The van der Waals surface area contributed by atoms with Crippen LogP contribution >= 0.6 is 0 Å². The van der Waals surface area contributed by atoms with Gasteiger partial charge in [0.1, 0.15) is 0 Å². The van der Waals surface area contributed by atoms with Crippen LogP contribution in [-0.4, -0.2) is 37.5 Å². The Morgan fingerprint density at radius 3 is 2.71 bits per heavy atom. The van der Waals surface area contributed by atoms with Gasteiger partial charge in [0, 0.05) is 6.54 Å². The number of nitrogens with zero attached hydrogens (tertiary/aromatic N) is 1. The van der Waals surface area contributed by atoms with Crippen LogP contribution in [0.25, 0.3) is 0 Å². The molecule has 3 heteroatoms. The molecule has 3 nitrogen and oxygen atoms in total. The van der Waals surface area contributed by atoms with E-state index in [0.717, 1.165) is 24.4 Å². The number of aryl methyl sites for hydroxylation is 2. The number of carbonyl (C=O) groups excluding carboxylic acids is 1. The van der Waals surface area contributed by atoms with E-state index in [1.165, 1.54) is 37.1 Å². The Kier molecular flexibility index (Phi) is 5.80. The molecule has 1 aliphatic heterocycles. The molecular formula is C18H28N2O. The molecule has 0 spiro atoms. The summed E-state index contributed by atoms with van der Waals surface area (Å²) >= 11 is 0. The molecule has 1 aromatic carbocycles. The third kappa shape index (κ3) is 5.16. The average Bonchev–Trinajstić information content (AvgIpc) is 2.45. The quantitative estimate of drug-likeness (QED) is 0.903. The first-order valence-electron chi connectivity index (χ1n) is 8.06. The van der Waals surface area contributed by atoms with Gasteiger partial charge >= 0.3 is 0 Å². The minimum atomic E-state index is 0.150. The fourth-order valence-electron chi connectivity index (χ4n) is 2.99. The van der Waals surface area contributed by atoms with Crippen LogP contribution in [0.5, 0.6) is 0 Å². The van der Waals surface area contributed by atoms with Crippen LogP contribution in [0.2, 0.25) is 0 Å². The van der Waals surface area contributed by atoms with Gasteiger partial charge in [-0.3, -0.25) is 4.79 Å². The molecule has 1 fully saturated rings. The zero-order valence-electron chi connectivity index (χ0n) is 13.6. The number of nitrogens with one attached hydrogen (secondary N) is 1. The predicted octanol–water partition coefficient (Wildman–Crippen LogP) is 2.69. The molecule has 0 aliphatic carbocycles. The first-order valence-corrected chi connectivity index (χ1v) is 8.06. The lowest BCUT2D eigenvalue weighted by Crippen LogP contribution is -2.33. The molecule has 2 rings (SSSR count). The van der Waals surface area contributed by atoms with Gasteiger partial charge in [-0.25, -0.2) is 0 Å². The van der Waals surface area contributed by atoms with Gasteiger partial charge in [0.05, 0.1) is 6.42 Å². The SMILES string of the molecule is Cc1ccc(C)c(CC(=O)NCCC2CCN(C)CC2)c1. The zero-order chi connectivity index (χ0) is 15.2. The maximum Gasteiger partial charge on any atom is 0.224 e. The van der Waals surface area contributed by atoms with Crippen LogP contribution in [0.1, 0.15) is 36.0 Å². The van der Waals surface area contributed by atoms with Gasteiger partial charge in [0.2, 0.25) is 5.91 Å². The summed E-state index contributed by atoms with van der Waals surface area (Å²) in [5.41, 5.74) is 3.56. The van der Waals surface area contributed by atoms with E-state index >= 15 is 0 Å². The van der Waals surface area contributed by atoms with E-state index in [2.05, 4.69) is 49.3 Å². The second-order valence-corrected chi connectivity index (χ2v) is 6.49. The van der Waals surface area contributed by atoms with E-state index in [1.807, 2.05) is 0 Å². The fourth-order valence-corrected chi connectivity index (χ4v) is 2.99. The molecule has 1 N–H and O–H groups in total. The number of carbonyl (C=O) groups is 1. The average molecular weight is 288 g/mol. The molecule has 1 aromatic rings. The van der Waals surface area contributed by atoms with Crippen molar-refractivity contribution < 1.29 is 4.79 Å². The summed E-state index contributed by atoms with van der Waals surface area (Å²) < 4.78 is 0. The van der Waals surface area contributed by atoms with Crippen LogP contribution in [0.15, 0.2) is 18.2 Å². The van der Waals surface area contributed by atoms with Gasteiger partial charge in [-0.15, -0.1) is 0 Å². The standard InChI is InChI=1S/C18H28N2O/c1-14-4-5-15(2)17(12-14)13-18(21)19-9-6-16-7-10-20(3)11-8-16/h4-5,12,16H,6-11,13H2,1-3H3,(H,19,21). The van der Waals surface area contributed by atoms with Gasteiger partial charge in [-0.2, -0.15) is 0 Å². The van der Waals surface area contributed by atoms with Crippen molar-refractivity contribution in [1.82, 2.24) is 10.2 Å². The highest BCUT2D eigenvalue weighted by atomic mass is 16.1. The second-order valence-electron chi connectivity index (χ2n) is 6.49. The molecule has 1 saturated heterocycles. The van der Waals surface area contributed by atoms with Gasteiger partial charge in [-0.05, 0) is 70.3 Å². The molecule has 1 amide bonds. The molecule has 116 valence electrons. The Balaban J connectivity index is 1.71. The Hall–Kier alpha value is -1.35. The molecule has 0 radical (unpaired) electrons. The number of hydrogen-bond acceptors (Lipinski definition) is 2. The highest BCUT2D eigenvalue weighted by Crippen LogP contribution is 2.18. The predicted molar refractivity (Wildman–Crippen MR) is 87.5 cm³/mol. The molecular weight excluding hydrogens is 260 g/mol. The number of likely N-dealkylation sites (tertiary alicyclic amines) is 1. The molecule has 0 bridgehead atoms. The van der Waals surface area contributed by atoms with E-state index in [0.29, 0.717) is 6.42 Å². The molecule has 1 aliphatic rings. The van der Waals surface area contributed by atoms with E-state index < -0.39 is 0 Å². The highest BCUT2D eigenvalue weighted by molar-refractivity contribution is 5.78. The lowest BCUT2D eigenvalue weighted by atomic mass is 9.94. The maximum absolute atomic E-state index is 12.1. The van der Waals surface area contributed by atoms with Crippen molar-refractivity contribution >= 4 is 5.91 Å². The third-order valence-electron chi connectivity index (χ3n) is 4.57. The van der Waals surface area contributed by atoms with Crippen LogP contribution < -0.4 is 5.32 Å². The van der Waals surface area contributed by atoms with E-state index in [9.17, 15) is 4.79 Å². The minimum absolute atomic E-state index is 0.150. The zero-order valence-corrected chi connectivity index (χ0v) is 13.6. The molecule has 21 heavy (non-hydrogen) atoms. The molecule has 0 aromatic heterocycles. The van der Waals surface area contributed by atoms with Gasteiger partial charge in [0.25, 0.3) is 0 Å². The Bertz CT molecular complexity index is 476. The third-order valence-corrected chi connectivity index (χ3v) is 4.57. The molecule has 0 unspecified atom stereocenters. The summed E-state index contributed by atoms with van der Waals surface area (Å²) in [7, 11) is 2.18. The number of piperidine rings is 1. The van der Waals surface area contributed by atoms with Crippen LogP contribution in [0.3, 0.4) is 0 Å². The first kappa shape index (κ1) is 16.0. The number of hydrogen-bond donors (Lipinski definition) is 1. The number of benzene rings is 1. The lowest BCUT2D eigenvalue weighted by Gasteiger charge is -2.28. The van der Waals surface area contributed by atoms with Crippen molar-refractivity contribution in [2.75, 3.05) is 26.7 Å². The number of amides is 1. The summed E-state index contributed by atoms with van der Waals surface area (Å²) in [6.07, 6.45) is 4.15. The molecule has 1 heterocycles. The molecule has 0 saturated carbocycles. The van der Waals surface area contributed by atoms with E-state index in [1.54, 1.807) is 0 Å². The van der Waals surface area contributed by atoms with Crippen LogP contribution in [-0.2, 0) is 11.2 Å². The minimum Gasteiger partial charge on any atom is -0.356 e. The number of rotatable bonds is 5. The summed E-state index contributed by atoms with van der Waals surface area (Å²) in [4.78, 5) is 14.4. The van der Waals surface area contributed by atoms with Crippen molar-refractivity contribution in [3.63, 3.8) is 0 Å². The Morgan fingerprint density at radius 1 is 1.29 bits per heavy atom. The fraction of sp³-hybridized carbons (Fsp3) is 0.611. The van der Waals surface area contributed by atoms with Gasteiger partial charge in [-0.1, -0.05) is 23.8 Å². The van der Waals surface area contributed by atoms with Gasteiger partial charge in [0.15, 0.2) is 0 Å². The van der Waals surface area contributed by atoms with Crippen LogP contribution in [0.4, 0.5) is 0 Å². The van der Waals surface area contributed by atoms with Crippen molar-refractivity contribution in [2.45, 2.75) is 39.5 Å². The topological polar surface area (TPSA) is 32.3 Å². The van der Waals surface area contributed by atoms with Crippen molar-refractivity contribution in [3.05, 3.63) is 34.9 Å². The summed E-state index contributed by atoms with van der Waals surface area (Å²) in [6.45, 7) is 7.35. The smallest absolute Gasteiger partial charge is 0.224 e. The first-order chi connectivity index (χ1) is 10.0. The monoisotopic (exact) mass is 288 g/mol. The second kappa shape index (κ2) is 7.60. The van der Waals surface area contributed by atoms with Crippen molar-refractivity contribution in [1.29, 1.82) is 0 Å². The van der Waals surface area contributed by atoms with Crippen molar-refractivity contribution in [3.8, 4) is 0 Å². The summed E-state index contributed by atoms with van der Waals surface area (Å²) in [5, 5.41) is 3.08. The van der Waals surface area contributed by atoms with Crippen molar-refractivity contribution in [2.24, 2.45) is 5.92 Å². The van der Waals surface area contributed by atoms with E-state index in [-0.39, 0.29) is 5.91 Å². The Labute approximate surface area is 128 Å².